The van der Waals surface area contributed by atoms with Crippen molar-refractivity contribution in [3.63, 3.8) is 0 Å². The summed E-state index contributed by atoms with van der Waals surface area (Å²) >= 11 is 0. The molecule has 0 saturated carbocycles. The molecule has 3 N–H and O–H groups in total. The van der Waals surface area contributed by atoms with E-state index >= 15 is 0 Å². The van der Waals surface area contributed by atoms with Gasteiger partial charge in [0.25, 0.3) is 0 Å². The van der Waals surface area contributed by atoms with Gasteiger partial charge in [0.15, 0.2) is 0 Å². The third kappa shape index (κ3) is 3.91. The molecule has 0 fully saturated rings. The van der Waals surface area contributed by atoms with Crippen molar-refractivity contribution in [2.75, 3.05) is 0 Å². The molecule has 106 valence electrons. The van der Waals surface area contributed by atoms with Crippen LogP contribution in [-0.4, -0.2) is 5.91 Å². The predicted molar refractivity (Wildman–Crippen MR) is 81.4 cm³/mol. The molecule has 2 aromatic rings. The van der Waals surface area contributed by atoms with Gasteiger partial charge in [-0.3, -0.25) is 4.79 Å². The van der Waals surface area contributed by atoms with Gasteiger partial charge in [0, 0.05) is 18.7 Å². The summed E-state index contributed by atoms with van der Waals surface area (Å²) in [6.45, 7) is 3.40. The van der Waals surface area contributed by atoms with E-state index in [4.69, 9.17) is 11.0 Å². The van der Waals surface area contributed by atoms with Gasteiger partial charge in [-0.1, -0.05) is 18.2 Å². The second kappa shape index (κ2) is 6.69. The second-order valence-corrected chi connectivity index (χ2v) is 4.92. The maximum Gasteiger partial charge on any atom is 0.248 e. The number of nitriles is 1. The van der Waals surface area contributed by atoms with Gasteiger partial charge in [-0.25, -0.2) is 0 Å². The van der Waals surface area contributed by atoms with Crippen molar-refractivity contribution in [1.82, 2.24) is 5.32 Å². The smallest absolute Gasteiger partial charge is 0.248 e. The van der Waals surface area contributed by atoms with Crippen LogP contribution < -0.4 is 11.1 Å². The van der Waals surface area contributed by atoms with Crippen molar-refractivity contribution in [2.24, 2.45) is 5.73 Å². The van der Waals surface area contributed by atoms with Gasteiger partial charge in [-0.15, -0.1) is 0 Å². The monoisotopic (exact) mass is 279 g/mol. The lowest BCUT2D eigenvalue weighted by Gasteiger charge is -2.09. The van der Waals surface area contributed by atoms with Crippen LogP contribution in [0.25, 0.3) is 0 Å². The first kappa shape index (κ1) is 14.8. The molecule has 0 aliphatic carbocycles. The number of amides is 1. The number of nitrogens with one attached hydrogen (secondary N) is 1. The lowest BCUT2D eigenvalue weighted by atomic mass is 10.0. The topological polar surface area (TPSA) is 78.9 Å². The van der Waals surface area contributed by atoms with Gasteiger partial charge in [0.2, 0.25) is 5.91 Å². The SMILES string of the molecule is Cc1cc(C(N)=O)ccc1CNCc1ccc(C#N)cc1. The molecule has 21 heavy (non-hydrogen) atoms. The normalized spacial score (nSPS) is 10.1. The molecule has 4 heteroatoms. The molecule has 0 aliphatic rings. The Bertz CT molecular complexity index is 684. The highest BCUT2D eigenvalue weighted by molar-refractivity contribution is 5.93. The van der Waals surface area contributed by atoms with Gasteiger partial charge in [-0.05, 0) is 47.9 Å². The molecule has 0 radical (unpaired) electrons. The summed E-state index contributed by atoms with van der Waals surface area (Å²) in [5, 5.41) is 12.1. The lowest BCUT2D eigenvalue weighted by Crippen LogP contribution is -2.15. The van der Waals surface area contributed by atoms with Crippen LogP contribution in [0, 0.1) is 18.3 Å². The Morgan fingerprint density at radius 3 is 2.48 bits per heavy atom. The molecule has 2 rings (SSSR count). The molecule has 0 spiro atoms. The Morgan fingerprint density at radius 2 is 1.90 bits per heavy atom. The Kier molecular flexibility index (Phi) is 4.70. The number of nitrogens with two attached hydrogens (primary N) is 1. The van der Waals surface area contributed by atoms with E-state index < -0.39 is 5.91 Å². The van der Waals surface area contributed by atoms with Crippen molar-refractivity contribution in [2.45, 2.75) is 20.0 Å². The first-order valence-electron chi connectivity index (χ1n) is 6.69. The van der Waals surface area contributed by atoms with E-state index in [2.05, 4.69) is 11.4 Å². The van der Waals surface area contributed by atoms with E-state index in [1.807, 2.05) is 37.3 Å². The van der Waals surface area contributed by atoms with E-state index in [0.29, 0.717) is 17.7 Å². The summed E-state index contributed by atoms with van der Waals surface area (Å²) in [5.41, 5.74) is 9.75. The minimum absolute atomic E-state index is 0.407. The Balaban J connectivity index is 1.94. The van der Waals surface area contributed by atoms with E-state index in [1.54, 1.807) is 12.1 Å². The summed E-state index contributed by atoms with van der Waals surface area (Å²) in [7, 11) is 0. The molecular formula is C17H17N3O. The number of benzene rings is 2. The van der Waals surface area contributed by atoms with Gasteiger partial charge < -0.3 is 11.1 Å². The molecule has 2 aromatic carbocycles. The molecule has 0 saturated heterocycles. The maximum absolute atomic E-state index is 11.1. The Morgan fingerprint density at radius 1 is 1.19 bits per heavy atom. The third-order valence-corrected chi connectivity index (χ3v) is 3.35. The largest absolute Gasteiger partial charge is 0.366 e. The van der Waals surface area contributed by atoms with Crippen LogP contribution in [-0.2, 0) is 13.1 Å². The van der Waals surface area contributed by atoms with E-state index in [9.17, 15) is 4.79 Å². The maximum atomic E-state index is 11.1. The van der Waals surface area contributed by atoms with E-state index in [0.717, 1.165) is 23.2 Å². The van der Waals surface area contributed by atoms with Crippen molar-refractivity contribution in [3.05, 3.63) is 70.3 Å². The fourth-order valence-corrected chi connectivity index (χ4v) is 2.09. The molecule has 0 bridgehead atoms. The Labute approximate surface area is 124 Å². The number of rotatable bonds is 5. The predicted octanol–water partition coefficient (Wildman–Crippen LogP) is 2.26. The van der Waals surface area contributed by atoms with Crippen LogP contribution in [0.5, 0.6) is 0 Å². The number of hydrogen-bond donors (Lipinski definition) is 2. The van der Waals surface area contributed by atoms with Crippen molar-refractivity contribution in [3.8, 4) is 6.07 Å². The first-order valence-corrected chi connectivity index (χ1v) is 6.69. The number of carbonyl (C=O) groups excluding carboxylic acids is 1. The van der Waals surface area contributed by atoms with Crippen molar-refractivity contribution in [1.29, 1.82) is 5.26 Å². The first-order chi connectivity index (χ1) is 10.1. The standard InChI is InChI=1S/C17H17N3O/c1-12-8-15(17(19)21)6-7-16(12)11-20-10-14-4-2-13(9-18)3-5-14/h2-8,20H,10-11H2,1H3,(H2,19,21). The summed E-state index contributed by atoms with van der Waals surface area (Å²) in [5.74, 6) is -0.407. The summed E-state index contributed by atoms with van der Waals surface area (Å²) in [6.07, 6.45) is 0. The van der Waals surface area contributed by atoms with Crippen LogP contribution >= 0.6 is 0 Å². The molecule has 1 amide bonds. The van der Waals surface area contributed by atoms with Crippen LogP contribution in [0.2, 0.25) is 0 Å². The number of nitrogens with zero attached hydrogens (tertiary/aromatic N) is 1. The summed E-state index contributed by atoms with van der Waals surface area (Å²) < 4.78 is 0. The van der Waals surface area contributed by atoms with Gasteiger partial charge in [-0.2, -0.15) is 5.26 Å². The van der Waals surface area contributed by atoms with Gasteiger partial charge in [0.1, 0.15) is 0 Å². The average Bonchev–Trinajstić information content (AvgIpc) is 2.49. The minimum Gasteiger partial charge on any atom is -0.366 e. The third-order valence-electron chi connectivity index (χ3n) is 3.35. The fourth-order valence-electron chi connectivity index (χ4n) is 2.09. The quantitative estimate of drug-likeness (QED) is 0.881. The molecule has 4 nitrogen and oxygen atoms in total. The zero-order chi connectivity index (χ0) is 15.2. The molecule has 0 unspecified atom stereocenters. The molecule has 0 heterocycles. The highest BCUT2D eigenvalue weighted by Gasteiger charge is 2.04. The number of hydrogen-bond acceptors (Lipinski definition) is 3. The summed E-state index contributed by atoms with van der Waals surface area (Å²) in [6, 6.07) is 15.1. The number of carbonyl (C=O) groups is 1. The highest BCUT2D eigenvalue weighted by Crippen LogP contribution is 2.11. The highest BCUT2D eigenvalue weighted by atomic mass is 16.1. The Hall–Kier alpha value is -2.64. The molecule has 0 aliphatic heterocycles. The summed E-state index contributed by atoms with van der Waals surface area (Å²) in [4.78, 5) is 11.1. The van der Waals surface area contributed by atoms with E-state index in [1.165, 1.54) is 0 Å². The average molecular weight is 279 g/mol. The zero-order valence-corrected chi connectivity index (χ0v) is 11.9. The van der Waals surface area contributed by atoms with Crippen LogP contribution in [0.15, 0.2) is 42.5 Å². The fraction of sp³-hybridized carbons (Fsp3) is 0.176. The van der Waals surface area contributed by atoms with Gasteiger partial charge in [0.05, 0.1) is 11.6 Å². The minimum atomic E-state index is -0.407. The van der Waals surface area contributed by atoms with Crippen molar-refractivity contribution < 1.29 is 4.79 Å². The van der Waals surface area contributed by atoms with E-state index in [-0.39, 0.29) is 0 Å². The van der Waals surface area contributed by atoms with Crippen LogP contribution in [0.3, 0.4) is 0 Å². The second-order valence-electron chi connectivity index (χ2n) is 4.92. The van der Waals surface area contributed by atoms with Gasteiger partial charge >= 0.3 is 0 Å². The lowest BCUT2D eigenvalue weighted by molar-refractivity contribution is 0.1000. The zero-order valence-electron chi connectivity index (χ0n) is 11.9. The molecule has 0 aromatic heterocycles. The molecular weight excluding hydrogens is 262 g/mol. The van der Waals surface area contributed by atoms with Crippen molar-refractivity contribution >= 4 is 5.91 Å². The molecule has 0 atom stereocenters. The number of primary amides is 1. The van der Waals surface area contributed by atoms with Crippen LogP contribution in [0.4, 0.5) is 0 Å². The van der Waals surface area contributed by atoms with Crippen LogP contribution in [0.1, 0.15) is 32.6 Å². The number of aryl methyl sites for hydroxylation is 1.